The first-order valence-electron chi connectivity index (χ1n) is 31.3. The number of amides is 12. The average Bonchev–Trinajstić information content (AvgIpc) is 0.920. The highest BCUT2D eigenvalue weighted by atomic mass is 32.2. The fourth-order valence-corrected chi connectivity index (χ4v) is 9.45. The second-order valence-electron chi connectivity index (χ2n) is 23.2. The third kappa shape index (κ3) is 29.9. The molecule has 2 aromatic rings. The Morgan fingerprint density at radius 3 is 1.43 bits per heavy atom. The lowest BCUT2D eigenvalue weighted by Crippen LogP contribution is -2.63. The number of rotatable bonds is 45. The number of nitrogens with two attached hydrogens (primary N) is 1. The summed E-state index contributed by atoms with van der Waals surface area (Å²) in [6.07, 6.45) is -1.80. The van der Waals surface area contributed by atoms with Gasteiger partial charge in [-0.05, 0) is 81.6 Å². The summed E-state index contributed by atoms with van der Waals surface area (Å²) in [5, 5.41) is 97.7. The fraction of sp³-hybridized carbons (Fsp3) is 0.600. The predicted molar refractivity (Wildman–Crippen MR) is 347 cm³/mol. The van der Waals surface area contributed by atoms with Crippen molar-refractivity contribution >= 4 is 101 Å². The Kier molecular flexibility index (Phi) is 37.0. The lowest BCUT2D eigenvalue weighted by molar-refractivity contribution is -0.143. The maximum absolute atomic E-state index is 14.3. The molecule has 38 heteroatoms. The number of aliphatic hydroxyl groups excluding tert-OH is 3. The number of carbonyl (C=O) groups is 15. The number of aliphatic hydroxyl groups is 3. The molecule has 0 fully saturated rings. The van der Waals surface area contributed by atoms with Gasteiger partial charge < -0.3 is 110 Å². The monoisotopic (exact) mass is 1410 g/mol. The number of nitrogens with one attached hydrogen (secondary N) is 13. The zero-order valence-corrected chi connectivity index (χ0v) is 56.3. The van der Waals surface area contributed by atoms with Gasteiger partial charge in [0.1, 0.15) is 66.2 Å². The van der Waals surface area contributed by atoms with Crippen LogP contribution in [0.4, 0.5) is 0 Å². The summed E-state index contributed by atoms with van der Waals surface area (Å²) in [5.41, 5.74) is 6.54. The van der Waals surface area contributed by atoms with E-state index >= 15 is 0 Å². The Morgan fingerprint density at radius 1 is 0.510 bits per heavy atom. The van der Waals surface area contributed by atoms with E-state index in [0.29, 0.717) is 17.7 Å². The van der Waals surface area contributed by atoms with Crippen molar-refractivity contribution in [2.45, 2.75) is 185 Å². The number of carbonyl (C=O) groups excluding carboxylic acids is 12. The van der Waals surface area contributed by atoms with E-state index in [9.17, 15) is 108 Å². The number of nitrogens with zero attached hydrogens (tertiary/aromatic N) is 1. The number of H-pyrrole nitrogens is 1. The standard InChI is InChI=1S/C60H93N15O22S/c1-9-28(3)46(61)56(92)64-24-42(80)67-38(19-20-98-8)52(88)68-36(15-17-44(82)83)51(87)72-41(26-76)55(91)66-30(5)50(86)63-25-43(81)73-47(29(4)10-2)57(93)70-39(22-34-23-62-27-65-34)54(90)69-37(16-18-45(84)85)53(89)74-49(32(7)78)59(95)75-48(31(6)77)58(94)71-40(60(96)97)21-33-11-13-35(79)14-12-33/h11-14,23,27-32,36-41,46-49,76-79H,9-10,15-22,24-26,61H2,1-8H3,(H,62,65)(H,63,86)(H,64,92)(H,66,91)(H,67,80)(H,68,88)(H,69,90)(H,70,93)(H,71,94)(H,72,87)(H,73,81)(H,74,89)(H,75,95)(H,82,83)(H,84,85)(H,96,97)/t28-,29-,30-,31+,32+,36-,37-,38-,39-,40-,41-,46-,47-,48-,49-/m0/s1. The molecular formula is C60H93N15O22S. The number of aromatic amines is 1. The summed E-state index contributed by atoms with van der Waals surface area (Å²) in [5.74, 6) is -17.6. The maximum atomic E-state index is 14.3. The number of hydrogen-bond acceptors (Lipinski definition) is 22. The number of imidazole rings is 1. The van der Waals surface area contributed by atoms with Gasteiger partial charge in [-0.2, -0.15) is 11.8 Å². The molecule has 0 saturated carbocycles. The van der Waals surface area contributed by atoms with Crippen molar-refractivity contribution in [1.82, 2.24) is 73.8 Å². The average molecular weight is 1410 g/mol. The zero-order chi connectivity index (χ0) is 74.1. The summed E-state index contributed by atoms with van der Waals surface area (Å²) in [6.45, 7) is 7.56. The first-order chi connectivity index (χ1) is 46.1. The topological polar surface area (TPSA) is 597 Å². The molecule has 12 amide bonds. The number of carboxylic acids is 3. The van der Waals surface area contributed by atoms with E-state index < -0.39 is 219 Å². The van der Waals surface area contributed by atoms with Crippen LogP contribution in [0.15, 0.2) is 36.8 Å². The van der Waals surface area contributed by atoms with E-state index in [1.165, 1.54) is 48.6 Å². The van der Waals surface area contributed by atoms with Gasteiger partial charge in [0, 0.05) is 37.6 Å². The van der Waals surface area contributed by atoms with Gasteiger partial charge in [0.15, 0.2) is 0 Å². The van der Waals surface area contributed by atoms with Crippen LogP contribution in [0.2, 0.25) is 0 Å². The van der Waals surface area contributed by atoms with E-state index in [4.69, 9.17) is 5.73 Å². The number of aromatic hydroxyl groups is 1. The normalized spacial score (nSPS) is 15.7. The Morgan fingerprint density at radius 2 is 0.949 bits per heavy atom. The van der Waals surface area contributed by atoms with Crippen LogP contribution >= 0.6 is 11.8 Å². The quantitative estimate of drug-likeness (QED) is 0.0293. The first-order valence-corrected chi connectivity index (χ1v) is 32.7. The fourth-order valence-electron chi connectivity index (χ4n) is 8.98. The smallest absolute Gasteiger partial charge is 0.326 e. The molecule has 0 spiro atoms. The second-order valence-corrected chi connectivity index (χ2v) is 24.2. The molecule has 0 aliphatic heterocycles. The third-order valence-electron chi connectivity index (χ3n) is 15.3. The van der Waals surface area contributed by atoms with Gasteiger partial charge in [0.2, 0.25) is 70.9 Å². The lowest BCUT2D eigenvalue weighted by atomic mass is 9.97. The van der Waals surface area contributed by atoms with Crippen LogP contribution in [-0.2, 0) is 84.8 Å². The molecule has 0 bridgehead atoms. The molecule has 22 N–H and O–H groups in total. The summed E-state index contributed by atoms with van der Waals surface area (Å²) in [6, 6.07) is -12.3. The summed E-state index contributed by atoms with van der Waals surface area (Å²) >= 11 is 1.31. The molecule has 0 aliphatic carbocycles. The third-order valence-corrected chi connectivity index (χ3v) is 16.0. The maximum Gasteiger partial charge on any atom is 0.326 e. The lowest BCUT2D eigenvalue weighted by Gasteiger charge is -2.29. The van der Waals surface area contributed by atoms with Crippen LogP contribution in [-0.4, -0.2) is 245 Å². The van der Waals surface area contributed by atoms with Gasteiger partial charge in [-0.1, -0.05) is 52.7 Å². The van der Waals surface area contributed by atoms with Gasteiger partial charge in [-0.3, -0.25) is 67.1 Å². The van der Waals surface area contributed by atoms with Gasteiger partial charge in [0.05, 0.1) is 44.3 Å². The van der Waals surface area contributed by atoms with Crippen molar-refractivity contribution in [3.63, 3.8) is 0 Å². The van der Waals surface area contributed by atoms with E-state index in [1.807, 2.05) is 6.92 Å². The summed E-state index contributed by atoms with van der Waals surface area (Å²) < 4.78 is 0. The van der Waals surface area contributed by atoms with E-state index in [1.54, 1.807) is 27.0 Å². The van der Waals surface area contributed by atoms with Crippen LogP contribution in [0.5, 0.6) is 5.75 Å². The molecule has 2 rings (SSSR count). The molecule has 1 aromatic carbocycles. The van der Waals surface area contributed by atoms with E-state index in [-0.39, 0.29) is 43.0 Å². The zero-order valence-electron chi connectivity index (χ0n) is 55.5. The largest absolute Gasteiger partial charge is 0.508 e. The van der Waals surface area contributed by atoms with Gasteiger partial charge in [-0.25, -0.2) is 9.78 Å². The van der Waals surface area contributed by atoms with Crippen molar-refractivity contribution < 1.29 is 108 Å². The van der Waals surface area contributed by atoms with Crippen molar-refractivity contribution in [2.24, 2.45) is 17.6 Å². The highest BCUT2D eigenvalue weighted by Crippen LogP contribution is 2.15. The highest BCUT2D eigenvalue weighted by molar-refractivity contribution is 7.98. The van der Waals surface area contributed by atoms with Gasteiger partial charge in [-0.15, -0.1) is 0 Å². The molecular weight excluding hydrogens is 1310 g/mol. The number of carboxylic acid groups (broad SMARTS) is 3. The van der Waals surface area contributed by atoms with Gasteiger partial charge in [0.25, 0.3) is 0 Å². The Bertz CT molecular complexity index is 3050. The van der Waals surface area contributed by atoms with Crippen LogP contribution < -0.4 is 69.5 Å². The summed E-state index contributed by atoms with van der Waals surface area (Å²) in [7, 11) is 0. The van der Waals surface area contributed by atoms with E-state index in [0.717, 1.165) is 20.8 Å². The number of phenols is 1. The number of aromatic nitrogens is 2. The molecule has 546 valence electrons. The molecule has 0 saturated heterocycles. The first kappa shape index (κ1) is 84.6. The van der Waals surface area contributed by atoms with Gasteiger partial charge >= 0.3 is 17.9 Å². The predicted octanol–water partition coefficient (Wildman–Crippen LogP) is -6.26. The molecule has 0 unspecified atom stereocenters. The minimum absolute atomic E-state index is 0.0164. The van der Waals surface area contributed by atoms with Crippen molar-refractivity contribution in [3.05, 3.63) is 48.0 Å². The van der Waals surface area contributed by atoms with Crippen molar-refractivity contribution in [3.8, 4) is 5.75 Å². The number of phenolic OH excluding ortho intramolecular Hbond substituents is 1. The molecule has 1 aromatic heterocycles. The number of aliphatic carboxylic acids is 3. The molecule has 98 heavy (non-hydrogen) atoms. The van der Waals surface area contributed by atoms with Crippen LogP contribution in [0.1, 0.15) is 105 Å². The molecule has 0 radical (unpaired) electrons. The summed E-state index contributed by atoms with van der Waals surface area (Å²) in [4.78, 5) is 204. The van der Waals surface area contributed by atoms with Crippen LogP contribution in [0.25, 0.3) is 0 Å². The molecule has 15 atom stereocenters. The molecule has 0 aliphatic rings. The SMILES string of the molecule is CC[C@H](C)[C@H](N)C(=O)NCC(=O)N[C@@H](CCSC)C(=O)N[C@@H](CCC(=O)O)C(=O)N[C@@H](CO)C(=O)N[C@@H](C)C(=O)NCC(=O)N[C@H](C(=O)N[C@@H](Cc1cnc[nH]1)C(=O)N[C@@H](CCC(=O)O)C(=O)N[C@H](C(=O)N[C@H](C(=O)N[C@@H](Cc1ccc(O)cc1)C(=O)O)[C@@H](C)O)[C@@H](C)O)[C@@H](C)CC. The minimum atomic E-state index is -1.99. The van der Waals surface area contributed by atoms with Crippen molar-refractivity contribution in [1.29, 1.82) is 0 Å². The van der Waals surface area contributed by atoms with Crippen LogP contribution in [0, 0.1) is 11.8 Å². The highest BCUT2D eigenvalue weighted by Gasteiger charge is 2.38. The Labute approximate surface area is 568 Å². The molecule has 1 heterocycles. The van der Waals surface area contributed by atoms with Crippen LogP contribution in [0.3, 0.4) is 0 Å². The Balaban J connectivity index is 2.25. The number of benzene rings is 1. The number of hydrogen-bond donors (Lipinski definition) is 21. The molecule has 37 nitrogen and oxygen atoms in total. The minimum Gasteiger partial charge on any atom is -0.508 e. The Hall–Kier alpha value is -9.53. The van der Waals surface area contributed by atoms with Crippen molar-refractivity contribution in [2.75, 3.05) is 31.7 Å². The second kappa shape index (κ2) is 42.9. The van der Waals surface area contributed by atoms with E-state index in [2.05, 4.69) is 73.8 Å². The number of thioether (sulfide) groups is 1.